The van der Waals surface area contributed by atoms with Crippen molar-refractivity contribution >= 4 is 0 Å². The van der Waals surface area contributed by atoms with Crippen LogP contribution in [-0.4, -0.2) is 17.5 Å². The monoisotopic (exact) mass is 270 g/mol. The van der Waals surface area contributed by atoms with Gasteiger partial charge in [-0.3, -0.25) is 0 Å². The normalized spacial score (nSPS) is 20.4. The molecule has 0 aliphatic heterocycles. The van der Waals surface area contributed by atoms with Gasteiger partial charge in [-0.25, -0.2) is 0 Å². The molecule has 1 rings (SSSR count). The first-order chi connectivity index (χ1) is 7.68. The van der Waals surface area contributed by atoms with Gasteiger partial charge >= 0.3 is 25.7 Å². The van der Waals surface area contributed by atoms with Gasteiger partial charge in [0.15, 0.2) is 0 Å². The topological polar surface area (TPSA) is 3.24 Å². The van der Waals surface area contributed by atoms with Gasteiger partial charge in [0.05, 0.1) is 0 Å². The Balaban J connectivity index is 0.00000121. The van der Waals surface area contributed by atoms with Crippen LogP contribution in [0, 0.1) is 5.92 Å². The van der Waals surface area contributed by atoms with E-state index in [2.05, 4.69) is 60.4 Å². The van der Waals surface area contributed by atoms with Gasteiger partial charge in [-0.1, -0.05) is 12.5 Å². The van der Waals surface area contributed by atoms with Gasteiger partial charge < -0.3 is 4.90 Å². The first-order valence-electron chi connectivity index (χ1n) is 6.30. The third kappa shape index (κ3) is 3.48. The van der Waals surface area contributed by atoms with E-state index >= 15 is 0 Å². The zero-order chi connectivity index (χ0) is 14.0. The minimum absolute atomic E-state index is 0.204. The van der Waals surface area contributed by atoms with E-state index in [1.54, 1.807) is 0 Å². The second-order valence-corrected chi connectivity index (χ2v) is 5.77. The van der Waals surface area contributed by atoms with Gasteiger partial charge in [0.1, 0.15) is 0 Å². The van der Waals surface area contributed by atoms with E-state index in [0.29, 0.717) is 5.92 Å². The Labute approximate surface area is 120 Å². The summed E-state index contributed by atoms with van der Waals surface area (Å²) in [6.07, 6.45) is 0. The molecule has 0 amide bonds. The molecule has 0 N–H and O–H groups in total. The van der Waals surface area contributed by atoms with Crippen molar-refractivity contribution in [2.75, 3.05) is 7.05 Å². The molecule has 0 heterocycles. The number of hydrogen-bond donors (Lipinski definition) is 0. The number of hydrogen-bond acceptors (Lipinski definition) is 1. The van der Waals surface area contributed by atoms with E-state index in [9.17, 15) is 0 Å². The van der Waals surface area contributed by atoms with Gasteiger partial charge in [-0.2, -0.15) is 0 Å². The summed E-state index contributed by atoms with van der Waals surface area (Å²) in [4.78, 5) is 2.42. The number of nitrogens with zero attached hydrogens (tertiary/aromatic N) is 1. The van der Waals surface area contributed by atoms with E-state index in [1.165, 1.54) is 22.4 Å². The van der Waals surface area contributed by atoms with E-state index < -0.39 is 0 Å². The fourth-order valence-electron chi connectivity index (χ4n) is 2.25. The maximum absolute atomic E-state index is 2.42. The van der Waals surface area contributed by atoms with Crippen molar-refractivity contribution in [3.05, 3.63) is 22.4 Å². The predicted molar refractivity (Wildman–Crippen MR) is 73.6 cm³/mol. The van der Waals surface area contributed by atoms with Gasteiger partial charge in [0, 0.05) is 24.2 Å². The van der Waals surface area contributed by atoms with Crippen LogP contribution in [0.15, 0.2) is 22.4 Å². The maximum atomic E-state index is 2.42. The predicted octanol–water partition coefficient (Wildman–Crippen LogP) is 4.56. The Morgan fingerprint density at radius 3 is 1.65 bits per heavy atom. The molecule has 0 bridgehead atoms. The SMILES string of the molecule is CC1=C(C)C(C)C(N(C)C(C)(C)C)=C1C.[CH3][Ti]. The molecule has 97 valence electrons. The molecule has 0 aromatic heterocycles. The molecule has 0 fully saturated rings. The molecule has 17 heavy (non-hydrogen) atoms. The van der Waals surface area contributed by atoms with Crippen molar-refractivity contribution in [3.8, 4) is 0 Å². The molecule has 1 nitrogen and oxygen atoms in total. The van der Waals surface area contributed by atoms with Crippen molar-refractivity contribution in [1.82, 2.24) is 4.90 Å². The van der Waals surface area contributed by atoms with E-state index in [4.69, 9.17) is 0 Å². The Bertz CT molecular complexity index is 331. The third-order valence-electron chi connectivity index (χ3n) is 3.97. The van der Waals surface area contributed by atoms with Crippen LogP contribution in [0.2, 0.25) is 5.23 Å². The van der Waals surface area contributed by atoms with Crippen LogP contribution in [0.25, 0.3) is 0 Å². The summed E-state index contributed by atoms with van der Waals surface area (Å²) in [5.41, 5.74) is 6.18. The molecule has 0 spiro atoms. The van der Waals surface area contributed by atoms with E-state index in [-0.39, 0.29) is 5.54 Å². The Morgan fingerprint density at radius 1 is 1.00 bits per heavy atom. The van der Waals surface area contributed by atoms with E-state index in [1.807, 2.05) is 25.7 Å². The Hall–Kier alpha value is -0.00571. The molecule has 1 atom stereocenters. The van der Waals surface area contributed by atoms with Gasteiger partial charge in [-0.15, -0.1) is 0 Å². The zero-order valence-corrected chi connectivity index (χ0v) is 14.6. The standard InChI is InChI=1S/C14H25N.CH3.Ti/c1-9-10(2)12(4)13(11(9)3)15(8)14(5,6)7;;/h11H,1-8H3;1H3;. The second-order valence-electron chi connectivity index (χ2n) is 5.77. The summed E-state index contributed by atoms with van der Waals surface area (Å²) in [5.74, 6) is 0.578. The van der Waals surface area contributed by atoms with Gasteiger partial charge in [0.25, 0.3) is 0 Å². The molecule has 1 aliphatic carbocycles. The fourth-order valence-corrected chi connectivity index (χ4v) is 2.25. The number of allylic oxidation sites excluding steroid dienone is 3. The Kier molecular flexibility index (Phi) is 6.24. The summed E-state index contributed by atoms with van der Waals surface area (Å²) in [6.45, 7) is 15.9. The van der Waals surface area contributed by atoms with Crippen LogP contribution in [0.5, 0.6) is 0 Å². The quantitative estimate of drug-likeness (QED) is 0.631. The molecule has 0 saturated heterocycles. The van der Waals surface area contributed by atoms with Crippen LogP contribution in [0.3, 0.4) is 0 Å². The first kappa shape index (κ1) is 17.0. The Morgan fingerprint density at radius 2 is 1.41 bits per heavy atom. The van der Waals surface area contributed by atoms with Crippen molar-refractivity contribution < 1.29 is 20.4 Å². The average molecular weight is 270 g/mol. The molecule has 0 aromatic carbocycles. The zero-order valence-electron chi connectivity index (χ0n) is 13.0. The first-order valence-corrected chi connectivity index (χ1v) is 7.86. The number of rotatable bonds is 1. The molecular weight excluding hydrogens is 242 g/mol. The van der Waals surface area contributed by atoms with Crippen molar-refractivity contribution in [1.29, 1.82) is 0 Å². The second kappa shape index (κ2) is 6.25. The average Bonchev–Trinajstić information content (AvgIpc) is 2.44. The van der Waals surface area contributed by atoms with Crippen LogP contribution in [0.1, 0.15) is 48.5 Å². The van der Waals surface area contributed by atoms with Crippen molar-refractivity contribution in [2.45, 2.75) is 59.2 Å². The molecule has 0 saturated carbocycles. The summed E-state index contributed by atoms with van der Waals surface area (Å²) < 4.78 is 0. The van der Waals surface area contributed by atoms with Crippen LogP contribution >= 0.6 is 0 Å². The molecular formula is C15H28NTi. The molecule has 2 heteroatoms. The summed E-state index contributed by atoms with van der Waals surface area (Å²) >= 11 is 2.00. The van der Waals surface area contributed by atoms with Crippen LogP contribution in [0.4, 0.5) is 0 Å². The minimum atomic E-state index is 0.204. The molecule has 0 radical (unpaired) electrons. The van der Waals surface area contributed by atoms with Crippen LogP contribution in [-0.2, 0) is 20.4 Å². The van der Waals surface area contributed by atoms with Crippen molar-refractivity contribution in [3.63, 3.8) is 0 Å². The molecule has 1 unspecified atom stereocenters. The van der Waals surface area contributed by atoms with E-state index in [0.717, 1.165) is 0 Å². The van der Waals surface area contributed by atoms with Crippen LogP contribution < -0.4 is 0 Å². The molecule has 1 aliphatic rings. The summed E-state index contributed by atoms with van der Waals surface area (Å²) in [5, 5.41) is 2.00. The fraction of sp³-hybridized carbons (Fsp3) is 0.733. The summed E-state index contributed by atoms with van der Waals surface area (Å²) in [6, 6.07) is 0. The molecule has 0 aromatic rings. The van der Waals surface area contributed by atoms with Crippen molar-refractivity contribution in [2.24, 2.45) is 5.92 Å². The third-order valence-corrected chi connectivity index (χ3v) is 3.97. The summed E-state index contributed by atoms with van der Waals surface area (Å²) in [7, 11) is 2.21. The van der Waals surface area contributed by atoms with Gasteiger partial charge in [-0.05, 0) is 52.7 Å². The van der Waals surface area contributed by atoms with Gasteiger partial charge in [0.2, 0.25) is 0 Å².